The maximum absolute atomic E-state index is 9.32. The lowest BCUT2D eigenvalue weighted by Gasteiger charge is -2.29. The molecule has 0 aliphatic carbocycles. The highest BCUT2D eigenvalue weighted by Gasteiger charge is 2.19. The average molecular weight is 238 g/mol. The quantitative estimate of drug-likeness (QED) is 0.771. The fourth-order valence-electron chi connectivity index (χ4n) is 1.93. The van der Waals surface area contributed by atoms with Gasteiger partial charge in [0.05, 0.1) is 13.7 Å². The molecule has 0 saturated heterocycles. The van der Waals surface area contributed by atoms with Crippen LogP contribution in [0.15, 0.2) is 24.3 Å². The Morgan fingerprint density at radius 1 is 1.41 bits per heavy atom. The van der Waals surface area contributed by atoms with E-state index in [0.717, 1.165) is 11.3 Å². The smallest absolute Gasteiger partial charge is 0.123 e. The number of aliphatic hydroxyl groups is 1. The van der Waals surface area contributed by atoms with Crippen LogP contribution in [-0.2, 0) is 6.54 Å². The number of nitrogens with zero attached hydrogens (tertiary/aromatic N) is 1. The van der Waals surface area contributed by atoms with Gasteiger partial charge >= 0.3 is 0 Å². The van der Waals surface area contributed by atoms with Crippen LogP contribution in [0.25, 0.3) is 0 Å². The second-order valence-electron chi connectivity index (χ2n) is 4.34. The fourth-order valence-corrected chi connectivity index (χ4v) is 1.93. The molecule has 0 aliphatic heterocycles. The number of benzene rings is 1. The van der Waals surface area contributed by atoms with Crippen LogP contribution in [0.1, 0.15) is 12.5 Å². The standard InChI is InChI=1S/C13H22N2O2/c1-10(14)12(9-16)15(2)8-11-6-4-5-7-13(11)17-3/h4-7,10,12,16H,8-9,14H2,1-3H3. The van der Waals surface area contributed by atoms with Gasteiger partial charge in [0.2, 0.25) is 0 Å². The Balaban J connectivity index is 2.76. The summed E-state index contributed by atoms with van der Waals surface area (Å²) >= 11 is 0. The van der Waals surface area contributed by atoms with Gasteiger partial charge in [-0.3, -0.25) is 4.90 Å². The van der Waals surface area contributed by atoms with Crippen molar-refractivity contribution in [3.63, 3.8) is 0 Å². The third kappa shape index (κ3) is 3.70. The first kappa shape index (κ1) is 14.0. The third-order valence-corrected chi connectivity index (χ3v) is 2.97. The first-order valence-electron chi connectivity index (χ1n) is 5.78. The number of likely N-dealkylation sites (N-methyl/N-ethyl adjacent to an activating group) is 1. The first-order valence-corrected chi connectivity index (χ1v) is 5.78. The predicted molar refractivity (Wildman–Crippen MR) is 69.0 cm³/mol. The normalized spacial score (nSPS) is 14.7. The van der Waals surface area contributed by atoms with Gasteiger partial charge in [0.25, 0.3) is 0 Å². The van der Waals surface area contributed by atoms with Crippen molar-refractivity contribution in [2.45, 2.75) is 25.6 Å². The summed E-state index contributed by atoms with van der Waals surface area (Å²) in [6.07, 6.45) is 0. The Morgan fingerprint density at radius 2 is 2.06 bits per heavy atom. The van der Waals surface area contributed by atoms with Crippen LogP contribution in [0, 0.1) is 0 Å². The van der Waals surface area contributed by atoms with E-state index in [1.807, 2.05) is 43.1 Å². The lowest BCUT2D eigenvalue weighted by atomic mass is 10.1. The molecular formula is C13H22N2O2. The summed E-state index contributed by atoms with van der Waals surface area (Å²) in [5.74, 6) is 0.862. The van der Waals surface area contributed by atoms with Crippen LogP contribution >= 0.6 is 0 Å². The molecule has 2 atom stereocenters. The molecule has 17 heavy (non-hydrogen) atoms. The fraction of sp³-hybridized carbons (Fsp3) is 0.538. The van der Waals surface area contributed by atoms with Gasteiger partial charge in [0.1, 0.15) is 5.75 Å². The summed E-state index contributed by atoms with van der Waals surface area (Å²) in [5.41, 5.74) is 6.93. The Bertz CT molecular complexity index is 342. The first-order chi connectivity index (χ1) is 8.10. The minimum atomic E-state index is -0.0697. The minimum absolute atomic E-state index is 0.0417. The summed E-state index contributed by atoms with van der Waals surface area (Å²) in [6.45, 7) is 2.67. The Morgan fingerprint density at radius 3 is 2.59 bits per heavy atom. The molecule has 0 aliphatic rings. The van der Waals surface area contributed by atoms with Crippen molar-refractivity contribution in [3.8, 4) is 5.75 Å². The van der Waals surface area contributed by atoms with E-state index in [9.17, 15) is 5.11 Å². The van der Waals surface area contributed by atoms with Crippen LogP contribution in [0.3, 0.4) is 0 Å². The molecule has 0 amide bonds. The van der Waals surface area contributed by atoms with E-state index < -0.39 is 0 Å². The number of hydrogen-bond acceptors (Lipinski definition) is 4. The number of methoxy groups -OCH3 is 1. The van der Waals surface area contributed by atoms with E-state index in [4.69, 9.17) is 10.5 Å². The predicted octanol–water partition coefficient (Wildman–Crippen LogP) is 0.835. The molecule has 1 aromatic rings. The molecule has 0 spiro atoms. The van der Waals surface area contributed by atoms with E-state index in [-0.39, 0.29) is 18.7 Å². The SMILES string of the molecule is COc1ccccc1CN(C)C(CO)C(C)N. The summed E-state index contributed by atoms with van der Waals surface area (Å²) in [6, 6.07) is 7.76. The van der Waals surface area contributed by atoms with Crippen LogP contribution in [0.4, 0.5) is 0 Å². The lowest BCUT2D eigenvalue weighted by Crippen LogP contribution is -2.46. The highest BCUT2D eigenvalue weighted by atomic mass is 16.5. The maximum Gasteiger partial charge on any atom is 0.123 e. The van der Waals surface area contributed by atoms with Gasteiger partial charge in [0, 0.05) is 24.2 Å². The van der Waals surface area contributed by atoms with Crippen molar-refractivity contribution in [2.24, 2.45) is 5.73 Å². The molecule has 1 rings (SSSR count). The van der Waals surface area contributed by atoms with Crippen molar-refractivity contribution < 1.29 is 9.84 Å². The highest BCUT2D eigenvalue weighted by molar-refractivity contribution is 5.33. The lowest BCUT2D eigenvalue weighted by molar-refractivity contribution is 0.125. The largest absolute Gasteiger partial charge is 0.496 e. The summed E-state index contributed by atoms with van der Waals surface area (Å²) in [5, 5.41) is 9.32. The number of rotatable bonds is 6. The summed E-state index contributed by atoms with van der Waals surface area (Å²) in [7, 11) is 3.62. The number of aliphatic hydroxyl groups excluding tert-OH is 1. The third-order valence-electron chi connectivity index (χ3n) is 2.97. The average Bonchev–Trinajstić information content (AvgIpc) is 2.30. The van der Waals surface area contributed by atoms with Crippen LogP contribution < -0.4 is 10.5 Å². The number of hydrogen-bond donors (Lipinski definition) is 2. The monoisotopic (exact) mass is 238 g/mol. The summed E-state index contributed by atoms with van der Waals surface area (Å²) in [4.78, 5) is 2.04. The van der Waals surface area contributed by atoms with Gasteiger partial charge < -0.3 is 15.6 Å². The van der Waals surface area contributed by atoms with Gasteiger partial charge in [-0.25, -0.2) is 0 Å². The van der Waals surface area contributed by atoms with Crippen molar-refractivity contribution in [1.29, 1.82) is 0 Å². The van der Waals surface area contributed by atoms with E-state index >= 15 is 0 Å². The van der Waals surface area contributed by atoms with Crippen LogP contribution in [0.5, 0.6) is 5.75 Å². The molecule has 4 nitrogen and oxygen atoms in total. The van der Waals surface area contributed by atoms with Crippen molar-refractivity contribution >= 4 is 0 Å². The molecule has 0 saturated carbocycles. The molecule has 96 valence electrons. The Hall–Kier alpha value is -1.10. The van der Waals surface area contributed by atoms with Crippen LogP contribution in [0.2, 0.25) is 0 Å². The van der Waals surface area contributed by atoms with Crippen molar-refractivity contribution in [3.05, 3.63) is 29.8 Å². The second kappa shape index (κ2) is 6.59. The van der Waals surface area contributed by atoms with Crippen LogP contribution in [-0.4, -0.2) is 42.9 Å². The molecule has 0 fully saturated rings. The molecule has 1 aromatic carbocycles. The zero-order chi connectivity index (χ0) is 12.8. The second-order valence-corrected chi connectivity index (χ2v) is 4.34. The number of ether oxygens (including phenoxy) is 1. The molecule has 0 bridgehead atoms. The van der Waals surface area contributed by atoms with Gasteiger partial charge in [-0.1, -0.05) is 18.2 Å². The Labute approximate surface area is 103 Å². The van der Waals surface area contributed by atoms with Gasteiger partial charge in [-0.05, 0) is 20.0 Å². The minimum Gasteiger partial charge on any atom is -0.496 e. The molecule has 0 radical (unpaired) electrons. The maximum atomic E-state index is 9.32. The van der Waals surface area contributed by atoms with E-state index in [1.54, 1.807) is 7.11 Å². The summed E-state index contributed by atoms with van der Waals surface area (Å²) < 4.78 is 5.30. The number of para-hydroxylation sites is 1. The highest BCUT2D eigenvalue weighted by Crippen LogP contribution is 2.19. The van der Waals surface area contributed by atoms with Gasteiger partial charge in [-0.15, -0.1) is 0 Å². The molecule has 2 unspecified atom stereocenters. The zero-order valence-electron chi connectivity index (χ0n) is 10.8. The van der Waals surface area contributed by atoms with E-state index in [2.05, 4.69) is 0 Å². The van der Waals surface area contributed by atoms with Gasteiger partial charge in [-0.2, -0.15) is 0 Å². The van der Waals surface area contributed by atoms with E-state index in [1.165, 1.54) is 0 Å². The zero-order valence-corrected chi connectivity index (χ0v) is 10.8. The van der Waals surface area contributed by atoms with Gasteiger partial charge in [0.15, 0.2) is 0 Å². The topological polar surface area (TPSA) is 58.7 Å². The molecule has 3 N–H and O–H groups in total. The van der Waals surface area contributed by atoms with Crippen molar-refractivity contribution in [2.75, 3.05) is 20.8 Å². The van der Waals surface area contributed by atoms with E-state index in [0.29, 0.717) is 6.54 Å². The number of nitrogens with two attached hydrogens (primary N) is 1. The van der Waals surface area contributed by atoms with Crippen molar-refractivity contribution in [1.82, 2.24) is 4.90 Å². The molecular weight excluding hydrogens is 216 g/mol. The Kier molecular flexibility index (Phi) is 5.41. The molecule has 0 aromatic heterocycles. The molecule has 4 heteroatoms. The molecule has 0 heterocycles.